The normalized spacial score (nSPS) is 11.8. The zero-order chi connectivity index (χ0) is 13.1. The molecule has 0 amide bonds. The first-order chi connectivity index (χ1) is 8.63. The molecule has 94 valence electrons. The Morgan fingerprint density at radius 2 is 2.28 bits per heavy atom. The van der Waals surface area contributed by atoms with Gasteiger partial charge in [0, 0.05) is 29.9 Å². The molecule has 0 aliphatic heterocycles. The van der Waals surface area contributed by atoms with Crippen LogP contribution in [0.4, 0.5) is 0 Å². The fourth-order valence-corrected chi connectivity index (χ4v) is 2.60. The monoisotopic (exact) mass is 262 g/mol. The Balaban J connectivity index is 2.47. The molecule has 1 aromatic heterocycles. The van der Waals surface area contributed by atoms with Gasteiger partial charge in [-0.2, -0.15) is 0 Å². The number of amidine groups is 1. The number of benzene rings is 1. The number of nitrogens with two attached hydrogens (primary N) is 1. The van der Waals surface area contributed by atoms with E-state index in [1.54, 1.807) is 6.20 Å². The molecule has 0 bridgehead atoms. The average molecular weight is 262 g/mol. The van der Waals surface area contributed by atoms with Gasteiger partial charge in [-0.15, -0.1) is 0 Å². The van der Waals surface area contributed by atoms with Crippen LogP contribution in [0, 0.1) is 6.92 Å². The van der Waals surface area contributed by atoms with Crippen LogP contribution in [-0.4, -0.2) is 20.6 Å². The minimum Gasteiger partial charge on any atom is -0.409 e. The molecule has 2 aromatic rings. The van der Waals surface area contributed by atoms with Crippen molar-refractivity contribution >= 4 is 17.6 Å². The largest absolute Gasteiger partial charge is 0.409 e. The van der Waals surface area contributed by atoms with Gasteiger partial charge < -0.3 is 15.5 Å². The Hall–Kier alpha value is -1.95. The third-order valence-corrected chi connectivity index (χ3v) is 3.89. The van der Waals surface area contributed by atoms with Crippen molar-refractivity contribution in [1.82, 2.24) is 9.55 Å². The molecule has 0 atom stereocenters. The van der Waals surface area contributed by atoms with E-state index in [1.807, 2.05) is 42.9 Å². The number of imidazole rings is 1. The lowest BCUT2D eigenvalue weighted by molar-refractivity contribution is 0.318. The van der Waals surface area contributed by atoms with Gasteiger partial charge in [0.15, 0.2) is 11.0 Å². The zero-order valence-electron chi connectivity index (χ0n) is 10.2. The minimum absolute atomic E-state index is 0.107. The molecule has 0 saturated heterocycles. The molecule has 2 rings (SSSR count). The van der Waals surface area contributed by atoms with Gasteiger partial charge in [-0.3, -0.25) is 0 Å². The van der Waals surface area contributed by atoms with Crippen molar-refractivity contribution in [3.8, 4) is 0 Å². The van der Waals surface area contributed by atoms with E-state index >= 15 is 0 Å². The molecule has 3 N–H and O–H groups in total. The Morgan fingerprint density at radius 1 is 1.50 bits per heavy atom. The van der Waals surface area contributed by atoms with Crippen molar-refractivity contribution in [3.63, 3.8) is 0 Å². The first-order valence-corrected chi connectivity index (χ1v) is 6.18. The predicted molar refractivity (Wildman–Crippen MR) is 71.0 cm³/mol. The van der Waals surface area contributed by atoms with Crippen molar-refractivity contribution in [2.45, 2.75) is 17.0 Å². The van der Waals surface area contributed by atoms with Crippen LogP contribution in [0.2, 0.25) is 0 Å². The summed E-state index contributed by atoms with van der Waals surface area (Å²) in [6, 6.07) is 5.69. The van der Waals surface area contributed by atoms with Crippen LogP contribution in [0.3, 0.4) is 0 Å². The summed E-state index contributed by atoms with van der Waals surface area (Å²) in [7, 11) is 1.93. The molecular weight excluding hydrogens is 248 g/mol. The molecule has 0 aliphatic rings. The van der Waals surface area contributed by atoms with Gasteiger partial charge in [-0.25, -0.2) is 4.98 Å². The number of aryl methyl sites for hydroxylation is 2. The Morgan fingerprint density at radius 3 is 2.89 bits per heavy atom. The summed E-state index contributed by atoms with van der Waals surface area (Å²) in [6.07, 6.45) is 3.62. The van der Waals surface area contributed by atoms with E-state index in [2.05, 4.69) is 10.1 Å². The van der Waals surface area contributed by atoms with Crippen LogP contribution in [0.1, 0.15) is 11.1 Å². The Bertz CT molecular complexity index is 592. The van der Waals surface area contributed by atoms with Crippen molar-refractivity contribution in [2.75, 3.05) is 0 Å². The second-order valence-corrected chi connectivity index (χ2v) is 4.84. The summed E-state index contributed by atoms with van der Waals surface area (Å²) in [4.78, 5) is 5.21. The standard InChI is InChI=1S/C12H14N4OS/c1-8-4-3-5-9(11(13)15-17)10(8)18-12-14-6-7-16(12)2/h3-7,17H,1-2H3,(H2,13,15). The number of rotatable bonds is 3. The van der Waals surface area contributed by atoms with Crippen molar-refractivity contribution in [3.05, 3.63) is 41.7 Å². The van der Waals surface area contributed by atoms with E-state index in [1.165, 1.54) is 11.8 Å². The minimum atomic E-state index is 0.107. The number of aromatic nitrogens is 2. The molecule has 0 fully saturated rings. The highest BCUT2D eigenvalue weighted by Gasteiger charge is 2.13. The highest BCUT2D eigenvalue weighted by atomic mass is 32.2. The van der Waals surface area contributed by atoms with E-state index < -0.39 is 0 Å². The topological polar surface area (TPSA) is 76.4 Å². The smallest absolute Gasteiger partial charge is 0.172 e. The molecular formula is C12H14N4OS. The van der Waals surface area contributed by atoms with Gasteiger partial charge in [0.2, 0.25) is 0 Å². The highest BCUT2D eigenvalue weighted by molar-refractivity contribution is 7.99. The van der Waals surface area contributed by atoms with Crippen LogP contribution < -0.4 is 5.73 Å². The molecule has 0 spiro atoms. The maximum Gasteiger partial charge on any atom is 0.172 e. The molecule has 5 nitrogen and oxygen atoms in total. The summed E-state index contributed by atoms with van der Waals surface area (Å²) in [6.45, 7) is 1.99. The molecule has 0 radical (unpaired) electrons. The predicted octanol–water partition coefficient (Wildman–Crippen LogP) is 1.97. The van der Waals surface area contributed by atoms with E-state index in [9.17, 15) is 0 Å². The third kappa shape index (κ3) is 2.33. The van der Waals surface area contributed by atoms with E-state index in [4.69, 9.17) is 10.9 Å². The summed E-state index contributed by atoms with van der Waals surface area (Å²) >= 11 is 1.50. The molecule has 1 heterocycles. The second-order valence-electron chi connectivity index (χ2n) is 3.86. The van der Waals surface area contributed by atoms with Gasteiger partial charge in [-0.05, 0) is 18.6 Å². The summed E-state index contributed by atoms with van der Waals surface area (Å²) in [5.74, 6) is 0.107. The number of hydrogen-bond acceptors (Lipinski definition) is 4. The lowest BCUT2D eigenvalue weighted by Gasteiger charge is -2.10. The molecule has 0 unspecified atom stereocenters. The van der Waals surface area contributed by atoms with Crippen molar-refractivity contribution in [2.24, 2.45) is 17.9 Å². The first-order valence-electron chi connectivity index (χ1n) is 5.36. The molecule has 0 saturated carbocycles. The second kappa shape index (κ2) is 5.14. The SMILES string of the molecule is Cc1cccc(/C(N)=N/O)c1Sc1nccn1C. The van der Waals surface area contributed by atoms with E-state index in [0.29, 0.717) is 5.56 Å². The van der Waals surface area contributed by atoms with Gasteiger partial charge >= 0.3 is 0 Å². The Labute approximate surface area is 109 Å². The quantitative estimate of drug-likeness (QED) is 0.384. The number of oxime groups is 1. The summed E-state index contributed by atoms with van der Waals surface area (Å²) in [5.41, 5.74) is 7.47. The van der Waals surface area contributed by atoms with Gasteiger partial charge in [0.05, 0.1) is 0 Å². The number of nitrogens with zero attached hydrogens (tertiary/aromatic N) is 3. The Kier molecular flexibility index (Phi) is 3.57. The van der Waals surface area contributed by atoms with Crippen molar-refractivity contribution in [1.29, 1.82) is 0 Å². The summed E-state index contributed by atoms with van der Waals surface area (Å²) in [5, 5.41) is 12.7. The maximum atomic E-state index is 8.82. The molecule has 0 aliphatic carbocycles. The summed E-state index contributed by atoms with van der Waals surface area (Å²) < 4.78 is 1.92. The van der Waals surface area contributed by atoms with Crippen LogP contribution in [0.5, 0.6) is 0 Å². The lowest BCUT2D eigenvalue weighted by Crippen LogP contribution is -2.14. The fraction of sp³-hybridized carbons (Fsp3) is 0.167. The van der Waals surface area contributed by atoms with Crippen LogP contribution in [0.15, 0.2) is 45.8 Å². The molecule has 1 aromatic carbocycles. The van der Waals surface area contributed by atoms with E-state index in [0.717, 1.165) is 15.6 Å². The molecule has 6 heteroatoms. The third-order valence-electron chi connectivity index (χ3n) is 2.57. The average Bonchev–Trinajstić information content (AvgIpc) is 2.76. The van der Waals surface area contributed by atoms with Crippen LogP contribution in [-0.2, 0) is 7.05 Å². The van der Waals surface area contributed by atoms with Crippen LogP contribution >= 0.6 is 11.8 Å². The maximum absolute atomic E-state index is 8.82. The van der Waals surface area contributed by atoms with Crippen molar-refractivity contribution < 1.29 is 5.21 Å². The zero-order valence-corrected chi connectivity index (χ0v) is 11.0. The number of hydrogen-bond donors (Lipinski definition) is 2. The highest BCUT2D eigenvalue weighted by Crippen LogP contribution is 2.31. The van der Waals surface area contributed by atoms with Gasteiger partial charge in [0.25, 0.3) is 0 Å². The van der Waals surface area contributed by atoms with Crippen LogP contribution in [0.25, 0.3) is 0 Å². The lowest BCUT2D eigenvalue weighted by atomic mass is 10.1. The first kappa shape index (κ1) is 12.5. The fourth-order valence-electron chi connectivity index (χ4n) is 1.59. The molecule has 18 heavy (non-hydrogen) atoms. The van der Waals surface area contributed by atoms with Gasteiger partial charge in [0.1, 0.15) is 0 Å². The van der Waals surface area contributed by atoms with E-state index in [-0.39, 0.29) is 5.84 Å². The van der Waals surface area contributed by atoms with Gasteiger partial charge in [-0.1, -0.05) is 29.1 Å².